The molecule has 1 atom stereocenters. The molecule has 3 nitrogen and oxygen atoms in total. The van der Waals surface area contributed by atoms with E-state index in [0.29, 0.717) is 12.0 Å². The number of nitrogens with two attached hydrogens (primary N) is 1. The first kappa shape index (κ1) is 13.6. The number of hydrogen-bond acceptors (Lipinski definition) is 2. The molecule has 1 rings (SSSR count). The molecule has 0 fully saturated rings. The van der Waals surface area contributed by atoms with Gasteiger partial charge in [-0.05, 0) is 24.1 Å². The summed E-state index contributed by atoms with van der Waals surface area (Å²) in [6, 6.07) is 3.54. The van der Waals surface area contributed by atoms with E-state index in [0.717, 1.165) is 12.1 Å². The van der Waals surface area contributed by atoms with Crippen LogP contribution in [0.3, 0.4) is 0 Å². The molecule has 0 heterocycles. The second-order valence-corrected chi connectivity index (χ2v) is 3.81. The molecule has 1 amide bonds. The summed E-state index contributed by atoms with van der Waals surface area (Å²) in [6.45, 7) is 2.32. The zero-order valence-corrected chi connectivity index (χ0v) is 9.67. The molecule has 17 heavy (non-hydrogen) atoms. The smallest absolute Gasteiger partial charge is 0.224 e. The maximum absolute atomic E-state index is 12.9. The number of carbonyl (C=O) groups is 1. The lowest BCUT2D eigenvalue weighted by atomic mass is 10.1. The summed E-state index contributed by atoms with van der Waals surface area (Å²) >= 11 is 0. The Morgan fingerprint density at radius 2 is 2.12 bits per heavy atom. The first-order valence-corrected chi connectivity index (χ1v) is 5.50. The third kappa shape index (κ3) is 3.78. The highest BCUT2D eigenvalue weighted by molar-refractivity contribution is 5.78. The molecule has 0 saturated carbocycles. The van der Waals surface area contributed by atoms with Crippen LogP contribution in [0.2, 0.25) is 0 Å². The molecule has 0 spiro atoms. The summed E-state index contributed by atoms with van der Waals surface area (Å²) in [5.41, 5.74) is 5.94. The van der Waals surface area contributed by atoms with E-state index < -0.39 is 11.6 Å². The van der Waals surface area contributed by atoms with Gasteiger partial charge in [0.2, 0.25) is 5.91 Å². The van der Waals surface area contributed by atoms with Crippen molar-refractivity contribution in [2.24, 2.45) is 11.7 Å². The van der Waals surface area contributed by atoms with Gasteiger partial charge in [-0.2, -0.15) is 0 Å². The molecular formula is C12H16F2N2O. The molecule has 0 aliphatic carbocycles. The lowest BCUT2D eigenvalue weighted by Gasteiger charge is -2.12. The molecule has 94 valence electrons. The Morgan fingerprint density at radius 1 is 1.41 bits per heavy atom. The molecule has 0 aliphatic heterocycles. The van der Waals surface area contributed by atoms with Crippen molar-refractivity contribution in [2.45, 2.75) is 19.9 Å². The zero-order valence-electron chi connectivity index (χ0n) is 9.67. The van der Waals surface area contributed by atoms with Gasteiger partial charge in [-0.3, -0.25) is 4.79 Å². The number of amides is 1. The summed E-state index contributed by atoms with van der Waals surface area (Å²) < 4.78 is 25.5. The Kier molecular flexibility index (Phi) is 5.03. The van der Waals surface area contributed by atoms with Gasteiger partial charge in [0.05, 0.1) is 0 Å². The maximum atomic E-state index is 12.9. The van der Waals surface area contributed by atoms with Gasteiger partial charge in [0.1, 0.15) is 0 Å². The number of benzene rings is 1. The second-order valence-electron chi connectivity index (χ2n) is 3.81. The number of halogens is 2. The number of carbonyl (C=O) groups excluding carboxylic acids is 1. The Balaban J connectivity index is 2.55. The van der Waals surface area contributed by atoms with Gasteiger partial charge >= 0.3 is 0 Å². The van der Waals surface area contributed by atoms with Crippen molar-refractivity contribution < 1.29 is 13.6 Å². The van der Waals surface area contributed by atoms with Crippen molar-refractivity contribution in [3.63, 3.8) is 0 Å². The minimum Gasteiger partial charge on any atom is -0.352 e. The molecule has 1 aromatic rings. The van der Waals surface area contributed by atoms with Crippen LogP contribution in [0.15, 0.2) is 18.2 Å². The summed E-state index contributed by atoms with van der Waals surface area (Å²) in [6.07, 6.45) is 0.653. The predicted molar refractivity (Wildman–Crippen MR) is 61.0 cm³/mol. The first-order chi connectivity index (χ1) is 8.08. The van der Waals surface area contributed by atoms with E-state index in [2.05, 4.69) is 5.32 Å². The molecule has 1 unspecified atom stereocenters. The molecule has 0 saturated heterocycles. The van der Waals surface area contributed by atoms with E-state index in [1.165, 1.54) is 6.07 Å². The summed E-state index contributed by atoms with van der Waals surface area (Å²) in [5, 5.41) is 2.64. The standard InChI is InChI=1S/C12H16F2N2O/c1-2-9(6-15)12(17)16-7-8-3-4-10(13)11(14)5-8/h3-5,9H,2,6-7,15H2,1H3,(H,16,17). The Bertz CT molecular complexity index is 392. The SMILES string of the molecule is CCC(CN)C(=O)NCc1ccc(F)c(F)c1. The minimum atomic E-state index is -0.914. The molecule has 0 radical (unpaired) electrons. The predicted octanol–water partition coefficient (Wildman–Crippen LogP) is 1.57. The Morgan fingerprint density at radius 3 is 2.65 bits per heavy atom. The fourth-order valence-corrected chi connectivity index (χ4v) is 1.44. The van der Waals surface area contributed by atoms with Crippen molar-refractivity contribution in [2.75, 3.05) is 6.54 Å². The van der Waals surface area contributed by atoms with Gasteiger partial charge in [0, 0.05) is 19.0 Å². The van der Waals surface area contributed by atoms with Gasteiger partial charge in [0.15, 0.2) is 11.6 Å². The van der Waals surface area contributed by atoms with Gasteiger partial charge in [-0.25, -0.2) is 8.78 Å². The van der Waals surface area contributed by atoms with Gasteiger partial charge < -0.3 is 11.1 Å². The number of nitrogens with one attached hydrogen (secondary N) is 1. The van der Waals surface area contributed by atoms with Crippen LogP contribution in [0, 0.1) is 17.6 Å². The van der Waals surface area contributed by atoms with Crippen molar-refractivity contribution >= 4 is 5.91 Å². The van der Waals surface area contributed by atoms with Crippen LogP contribution in [-0.2, 0) is 11.3 Å². The normalized spacial score (nSPS) is 12.2. The van der Waals surface area contributed by atoms with Crippen LogP contribution >= 0.6 is 0 Å². The maximum Gasteiger partial charge on any atom is 0.224 e. The van der Waals surface area contributed by atoms with Crippen LogP contribution in [0.4, 0.5) is 8.78 Å². The summed E-state index contributed by atoms with van der Waals surface area (Å²) in [4.78, 5) is 11.6. The quantitative estimate of drug-likeness (QED) is 0.823. The Hall–Kier alpha value is -1.49. The van der Waals surface area contributed by atoms with E-state index in [1.807, 2.05) is 6.92 Å². The molecule has 0 bridgehead atoms. The molecule has 0 aliphatic rings. The largest absolute Gasteiger partial charge is 0.352 e. The highest BCUT2D eigenvalue weighted by Crippen LogP contribution is 2.09. The van der Waals surface area contributed by atoms with E-state index in [-0.39, 0.29) is 24.9 Å². The lowest BCUT2D eigenvalue weighted by Crippen LogP contribution is -2.34. The van der Waals surface area contributed by atoms with Crippen LogP contribution in [0.25, 0.3) is 0 Å². The number of rotatable bonds is 5. The summed E-state index contributed by atoms with van der Waals surface area (Å²) in [5.74, 6) is -2.21. The van der Waals surface area contributed by atoms with Gasteiger partial charge in [0.25, 0.3) is 0 Å². The molecule has 5 heteroatoms. The highest BCUT2D eigenvalue weighted by atomic mass is 19.2. The monoisotopic (exact) mass is 242 g/mol. The van der Waals surface area contributed by atoms with Crippen LogP contribution < -0.4 is 11.1 Å². The fraction of sp³-hybridized carbons (Fsp3) is 0.417. The van der Waals surface area contributed by atoms with Gasteiger partial charge in [-0.15, -0.1) is 0 Å². The fourth-order valence-electron chi connectivity index (χ4n) is 1.44. The second kappa shape index (κ2) is 6.30. The molecule has 3 N–H and O–H groups in total. The van der Waals surface area contributed by atoms with E-state index in [9.17, 15) is 13.6 Å². The van der Waals surface area contributed by atoms with Crippen LogP contribution in [0.5, 0.6) is 0 Å². The molecule has 0 aromatic heterocycles. The lowest BCUT2D eigenvalue weighted by molar-refractivity contribution is -0.124. The molecular weight excluding hydrogens is 226 g/mol. The average molecular weight is 242 g/mol. The topological polar surface area (TPSA) is 55.1 Å². The Labute approximate surface area is 99.0 Å². The van der Waals surface area contributed by atoms with Crippen LogP contribution in [-0.4, -0.2) is 12.5 Å². The van der Waals surface area contributed by atoms with Crippen molar-refractivity contribution in [3.05, 3.63) is 35.4 Å². The molecule has 1 aromatic carbocycles. The average Bonchev–Trinajstić information content (AvgIpc) is 2.32. The van der Waals surface area contributed by atoms with E-state index >= 15 is 0 Å². The van der Waals surface area contributed by atoms with Crippen molar-refractivity contribution in [3.8, 4) is 0 Å². The van der Waals surface area contributed by atoms with Crippen molar-refractivity contribution in [1.29, 1.82) is 0 Å². The van der Waals surface area contributed by atoms with Gasteiger partial charge in [-0.1, -0.05) is 13.0 Å². The zero-order chi connectivity index (χ0) is 12.8. The van der Waals surface area contributed by atoms with E-state index in [4.69, 9.17) is 5.73 Å². The minimum absolute atomic E-state index is 0.167. The third-order valence-electron chi connectivity index (χ3n) is 2.60. The van der Waals surface area contributed by atoms with Crippen LogP contribution in [0.1, 0.15) is 18.9 Å². The van der Waals surface area contributed by atoms with Crippen molar-refractivity contribution in [1.82, 2.24) is 5.32 Å². The number of hydrogen-bond donors (Lipinski definition) is 2. The summed E-state index contributed by atoms with van der Waals surface area (Å²) in [7, 11) is 0. The van der Waals surface area contributed by atoms with E-state index in [1.54, 1.807) is 0 Å². The third-order valence-corrected chi connectivity index (χ3v) is 2.60. The first-order valence-electron chi connectivity index (χ1n) is 5.50. The highest BCUT2D eigenvalue weighted by Gasteiger charge is 2.13.